The van der Waals surface area contributed by atoms with Gasteiger partial charge in [0.15, 0.2) is 11.5 Å². The first kappa shape index (κ1) is 15.8. The second kappa shape index (κ2) is 6.43. The van der Waals surface area contributed by atoms with Crippen molar-refractivity contribution in [3.8, 4) is 34.1 Å². The highest BCUT2D eigenvalue weighted by atomic mass is 16.5. The molecular formula is C16H20N2O4. The zero-order valence-electron chi connectivity index (χ0n) is 13.4. The lowest BCUT2D eigenvalue weighted by molar-refractivity contribution is 0.325. The molecule has 0 spiro atoms. The van der Waals surface area contributed by atoms with Crippen LogP contribution in [0.15, 0.2) is 18.2 Å². The first-order chi connectivity index (χ1) is 10.6. The van der Waals surface area contributed by atoms with Crippen molar-refractivity contribution in [2.24, 2.45) is 0 Å². The second-order valence-corrected chi connectivity index (χ2v) is 4.59. The van der Waals surface area contributed by atoms with Gasteiger partial charge in [-0.05, 0) is 25.1 Å². The predicted molar refractivity (Wildman–Crippen MR) is 85.0 cm³/mol. The molecule has 1 aromatic heterocycles. The van der Waals surface area contributed by atoms with Crippen LogP contribution in [0.3, 0.4) is 0 Å². The van der Waals surface area contributed by atoms with E-state index in [0.717, 1.165) is 11.3 Å². The van der Waals surface area contributed by atoms with E-state index >= 15 is 0 Å². The van der Waals surface area contributed by atoms with Crippen LogP contribution in [0.1, 0.15) is 5.69 Å². The molecule has 6 heteroatoms. The van der Waals surface area contributed by atoms with Crippen molar-refractivity contribution in [3.63, 3.8) is 0 Å². The van der Waals surface area contributed by atoms with Crippen molar-refractivity contribution in [1.29, 1.82) is 0 Å². The van der Waals surface area contributed by atoms with Gasteiger partial charge in [-0.15, -0.1) is 0 Å². The van der Waals surface area contributed by atoms with Crippen LogP contribution in [0.5, 0.6) is 23.0 Å². The molecule has 0 radical (unpaired) electrons. The van der Waals surface area contributed by atoms with Gasteiger partial charge in [0.05, 0.1) is 34.1 Å². The molecule has 2 N–H and O–H groups in total. The topological polar surface area (TPSA) is 75.8 Å². The predicted octanol–water partition coefficient (Wildman–Crippen LogP) is 2.67. The lowest BCUT2D eigenvalue weighted by Crippen LogP contribution is -2.02. The van der Waals surface area contributed by atoms with Crippen LogP contribution in [0.2, 0.25) is 0 Å². The van der Waals surface area contributed by atoms with Gasteiger partial charge in [-0.2, -0.15) is 0 Å². The van der Waals surface area contributed by atoms with Crippen molar-refractivity contribution in [3.05, 3.63) is 23.9 Å². The summed E-state index contributed by atoms with van der Waals surface area (Å²) in [4.78, 5) is 4.32. The van der Waals surface area contributed by atoms with E-state index in [-0.39, 0.29) is 0 Å². The van der Waals surface area contributed by atoms with Crippen molar-refractivity contribution >= 4 is 5.82 Å². The monoisotopic (exact) mass is 304 g/mol. The molecule has 0 fully saturated rings. The molecule has 0 saturated carbocycles. The van der Waals surface area contributed by atoms with Gasteiger partial charge in [-0.25, -0.2) is 4.98 Å². The number of aromatic nitrogens is 1. The number of methoxy groups -OCH3 is 4. The van der Waals surface area contributed by atoms with E-state index < -0.39 is 0 Å². The molecule has 2 rings (SSSR count). The summed E-state index contributed by atoms with van der Waals surface area (Å²) in [6, 6.07) is 5.48. The highest BCUT2D eigenvalue weighted by Gasteiger charge is 2.20. The van der Waals surface area contributed by atoms with Crippen LogP contribution in [-0.2, 0) is 0 Å². The van der Waals surface area contributed by atoms with Crippen molar-refractivity contribution in [2.45, 2.75) is 6.92 Å². The third-order valence-corrected chi connectivity index (χ3v) is 3.41. The van der Waals surface area contributed by atoms with Crippen LogP contribution < -0.4 is 24.7 Å². The number of hydrogen-bond donors (Lipinski definition) is 1. The van der Waals surface area contributed by atoms with E-state index in [1.165, 1.54) is 0 Å². The normalized spacial score (nSPS) is 10.2. The minimum Gasteiger partial charge on any atom is -0.495 e. The van der Waals surface area contributed by atoms with Gasteiger partial charge < -0.3 is 24.7 Å². The smallest absolute Gasteiger partial charge is 0.203 e. The lowest BCUT2D eigenvalue weighted by Gasteiger charge is -2.17. The summed E-state index contributed by atoms with van der Waals surface area (Å²) in [6.45, 7) is 1.84. The van der Waals surface area contributed by atoms with Gasteiger partial charge in [-0.3, -0.25) is 0 Å². The fourth-order valence-corrected chi connectivity index (χ4v) is 2.34. The quantitative estimate of drug-likeness (QED) is 0.915. The van der Waals surface area contributed by atoms with Crippen LogP contribution in [-0.4, -0.2) is 33.4 Å². The summed E-state index contributed by atoms with van der Waals surface area (Å²) in [5.41, 5.74) is 8.26. The van der Waals surface area contributed by atoms with Gasteiger partial charge in [0.2, 0.25) is 5.75 Å². The minimum atomic E-state index is 0.392. The maximum Gasteiger partial charge on any atom is 0.203 e. The van der Waals surface area contributed by atoms with Crippen LogP contribution in [0.25, 0.3) is 11.1 Å². The SMILES string of the molecule is COc1cc(-c2ccc(OC)c(OC)c2OC)c(N)nc1C. The second-order valence-electron chi connectivity index (χ2n) is 4.59. The number of hydrogen-bond acceptors (Lipinski definition) is 6. The Morgan fingerprint density at radius 2 is 1.45 bits per heavy atom. The number of rotatable bonds is 5. The molecule has 0 aliphatic carbocycles. The molecule has 0 aliphatic heterocycles. The summed E-state index contributed by atoms with van der Waals surface area (Å²) in [5.74, 6) is 2.65. The number of nitrogens with two attached hydrogens (primary N) is 1. The number of nitrogen functional groups attached to an aromatic ring is 1. The lowest BCUT2D eigenvalue weighted by atomic mass is 10.0. The van der Waals surface area contributed by atoms with Gasteiger partial charge in [-0.1, -0.05) is 0 Å². The van der Waals surface area contributed by atoms with E-state index in [2.05, 4.69) is 4.98 Å². The van der Waals surface area contributed by atoms with E-state index in [0.29, 0.717) is 34.4 Å². The third kappa shape index (κ3) is 2.59. The number of benzene rings is 1. The molecule has 6 nitrogen and oxygen atoms in total. The Hall–Kier alpha value is -2.63. The third-order valence-electron chi connectivity index (χ3n) is 3.41. The van der Waals surface area contributed by atoms with E-state index in [1.54, 1.807) is 34.5 Å². The summed E-state index contributed by atoms with van der Waals surface area (Å²) in [7, 11) is 6.29. The van der Waals surface area contributed by atoms with Crippen LogP contribution in [0, 0.1) is 6.92 Å². The molecule has 0 amide bonds. The Balaban J connectivity index is 2.72. The molecule has 2 aromatic rings. The van der Waals surface area contributed by atoms with Gasteiger partial charge in [0, 0.05) is 11.1 Å². The summed E-state index contributed by atoms with van der Waals surface area (Å²) in [5, 5.41) is 0. The Kier molecular flexibility index (Phi) is 4.60. The number of pyridine rings is 1. The molecule has 0 bridgehead atoms. The Bertz CT molecular complexity index is 686. The number of aryl methyl sites for hydroxylation is 1. The van der Waals surface area contributed by atoms with Gasteiger partial charge in [0.1, 0.15) is 11.6 Å². The molecule has 0 atom stereocenters. The molecule has 118 valence electrons. The van der Waals surface area contributed by atoms with Gasteiger partial charge >= 0.3 is 0 Å². The van der Waals surface area contributed by atoms with E-state index in [4.69, 9.17) is 24.7 Å². The maximum atomic E-state index is 6.07. The Morgan fingerprint density at radius 3 is 2.00 bits per heavy atom. The molecule has 0 unspecified atom stereocenters. The average Bonchev–Trinajstić information content (AvgIpc) is 2.53. The summed E-state index contributed by atoms with van der Waals surface area (Å²) < 4.78 is 21.5. The van der Waals surface area contributed by atoms with Crippen molar-refractivity contribution < 1.29 is 18.9 Å². The first-order valence-corrected chi connectivity index (χ1v) is 6.67. The summed E-state index contributed by atoms with van der Waals surface area (Å²) in [6.07, 6.45) is 0. The largest absolute Gasteiger partial charge is 0.495 e. The minimum absolute atomic E-state index is 0.392. The number of anilines is 1. The molecular weight excluding hydrogens is 284 g/mol. The highest BCUT2D eigenvalue weighted by Crippen LogP contribution is 2.46. The molecule has 1 aromatic carbocycles. The molecule has 0 saturated heterocycles. The van der Waals surface area contributed by atoms with E-state index in [9.17, 15) is 0 Å². The maximum absolute atomic E-state index is 6.07. The fourth-order valence-electron chi connectivity index (χ4n) is 2.34. The van der Waals surface area contributed by atoms with E-state index in [1.807, 2.05) is 19.1 Å². The Labute approximate surface area is 129 Å². The average molecular weight is 304 g/mol. The van der Waals surface area contributed by atoms with Gasteiger partial charge in [0.25, 0.3) is 0 Å². The fraction of sp³-hybridized carbons (Fsp3) is 0.312. The number of nitrogens with zero attached hydrogens (tertiary/aromatic N) is 1. The standard InChI is InChI=1S/C16H20N2O4/c1-9-13(20-3)8-11(16(17)18-9)10-6-7-12(19-2)15(22-5)14(10)21-4/h6-8H,1-5H3,(H2,17,18). The summed E-state index contributed by atoms with van der Waals surface area (Å²) >= 11 is 0. The Morgan fingerprint density at radius 1 is 0.818 bits per heavy atom. The zero-order valence-corrected chi connectivity index (χ0v) is 13.4. The molecule has 22 heavy (non-hydrogen) atoms. The molecule has 1 heterocycles. The highest BCUT2D eigenvalue weighted by molar-refractivity contribution is 5.83. The molecule has 0 aliphatic rings. The van der Waals surface area contributed by atoms with Crippen LogP contribution in [0.4, 0.5) is 5.82 Å². The zero-order chi connectivity index (χ0) is 16.3. The van der Waals surface area contributed by atoms with Crippen molar-refractivity contribution in [2.75, 3.05) is 34.2 Å². The van der Waals surface area contributed by atoms with Crippen molar-refractivity contribution in [1.82, 2.24) is 4.98 Å². The van der Waals surface area contributed by atoms with Crippen LogP contribution >= 0.6 is 0 Å². The first-order valence-electron chi connectivity index (χ1n) is 6.67. The number of ether oxygens (including phenoxy) is 4.